The molecule has 3 rings (SSSR count). The number of carbonyl (C=O) groups is 2. The summed E-state index contributed by atoms with van der Waals surface area (Å²) < 4.78 is 5.24. The SMILES string of the molecule is COc1ccc(Cl)cc1NC1=C(Cl)C(=O)N(c2ccc(Cl)cc2C)C1=O. The van der Waals surface area contributed by atoms with Crippen LogP contribution < -0.4 is 15.0 Å². The highest BCUT2D eigenvalue weighted by Crippen LogP contribution is 2.35. The van der Waals surface area contributed by atoms with E-state index in [4.69, 9.17) is 39.5 Å². The molecule has 1 heterocycles. The Hall–Kier alpha value is -2.21. The summed E-state index contributed by atoms with van der Waals surface area (Å²) in [6, 6.07) is 9.72. The summed E-state index contributed by atoms with van der Waals surface area (Å²) in [5.74, 6) is -0.745. The minimum Gasteiger partial charge on any atom is -0.495 e. The lowest BCUT2D eigenvalue weighted by atomic mass is 10.2. The zero-order chi connectivity index (χ0) is 19.0. The molecule has 134 valence electrons. The smallest absolute Gasteiger partial charge is 0.283 e. The first-order valence-corrected chi connectivity index (χ1v) is 8.62. The average Bonchev–Trinajstić information content (AvgIpc) is 2.79. The quantitative estimate of drug-likeness (QED) is 0.738. The van der Waals surface area contributed by atoms with Gasteiger partial charge in [0, 0.05) is 10.0 Å². The molecule has 0 radical (unpaired) electrons. The van der Waals surface area contributed by atoms with E-state index in [2.05, 4.69) is 5.32 Å². The van der Waals surface area contributed by atoms with Gasteiger partial charge in [-0.3, -0.25) is 9.59 Å². The number of amides is 2. The number of imide groups is 1. The summed E-state index contributed by atoms with van der Waals surface area (Å²) in [6.45, 7) is 1.75. The van der Waals surface area contributed by atoms with E-state index in [-0.39, 0.29) is 10.7 Å². The first-order chi connectivity index (χ1) is 12.3. The van der Waals surface area contributed by atoms with Crippen LogP contribution in [0, 0.1) is 6.92 Å². The van der Waals surface area contributed by atoms with Crippen molar-refractivity contribution in [1.29, 1.82) is 0 Å². The molecule has 2 amide bonds. The molecular weight excluding hydrogens is 399 g/mol. The van der Waals surface area contributed by atoms with Crippen LogP contribution >= 0.6 is 34.8 Å². The van der Waals surface area contributed by atoms with Crippen molar-refractivity contribution in [2.75, 3.05) is 17.3 Å². The first kappa shape index (κ1) is 18.6. The number of rotatable bonds is 4. The Labute approximate surface area is 165 Å². The third-order valence-corrected chi connectivity index (χ3v) is 4.67. The topological polar surface area (TPSA) is 58.6 Å². The Bertz CT molecular complexity index is 957. The molecule has 0 atom stereocenters. The number of hydrogen-bond donors (Lipinski definition) is 1. The molecule has 0 saturated carbocycles. The van der Waals surface area contributed by atoms with Crippen LogP contribution in [-0.4, -0.2) is 18.9 Å². The monoisotopic (exact) mass is 410 g/mol. The van der Waals surface area contributed by atoms with Crippen LogP contribution in [0.25, 0.3) is 0 Å². The Kier molecular flexibility index (Phi) is 5.14. The van der Waals surface area contributed by atoms with Gasteiger partial charge in [-0.05, 0) is 48.9 Å². The van der Waals surface area contributed by atoms with Crippen LogP contribution in [0.4, 0.5) is 11.4 Å². The molecule has 26 heavy (non-hydrogen) atoms. The second-order valence-corrected chi connectivity index (χ2v) is 6.79. The minimum atomic E-state index is -0.620. The molecule has 8 heteroatoms. The summed E-state index contributed by atoms with van der Waals surface area (Å²) in [6.07, 6.45) is 0. The highest BCUT2D eigenvalue weighted by atomic mass is 35.5. The number of aryl methyl sites for hydroxylation is 1. The van der Waals surface area contributed by atoms with Crippen LogP contribution in [0.5, 0.6) is 5.75 Å². The van der Waals surface area contributed by atoms with Gasteiger partial charge < -0.3 is 10.1 Å². The Morgan fingerprint density at radius 3 is 2.27 bits per heavy atom. The summed E-state index contributed by atoms with van der Waals surface area (Å²) in [5, 5.41) is 3.59. The van der Waals surface area contributed by atoms with E-state index in [9.17, 15) is 9.59 Å². The Morgan fingerprint density at radius 2 is 1.62 bits per heavy atom. The second-order valence-electron chi connectivity index (χ2n) is 5.54. The predicted molar refractivity (Wildman–Crippen MR) is 103 cm³/mol. The molecule has 0 fully saturated rings. The lowest BCUT2D eigenvalue weighted by Gasteiger charge is -2.18. The summed E-state index contributed by atoms with van der Waals surface area (Å²) in [7, 11) is 1.48. The molecule has 1 aliphatic heterocycles. The van der Waals surface area contributed by atoms with Crippen LogP contribution in [0.3, 0.4) is 0 Å². The van der Waals surface area contributed by atoms with E-state index < -0.39 is 11.8 Å². The fraction of sp³-hybridized carbons (Fsp3) is 0.111. The molecule has 1 N–H and O–H groups in total. The molecule has 5 nitrogen and oxygen atoms in total. The number of nitrogens with one attached hydrogen (secondary N) is 1. The number of methoxy groups -OCH3 is 1. The predicted octanol–water partition coefficient (Wildman–Crippen LogP) is 4.75. The maximum atomic E-state index is 12.8. The molecular formula is C18H13Cl3N2O3. The highest BCUT2D eigenvalue weighted by molar-refractivity contribution is 6.53. The van der Waals surface area contributed by atoms with Gasteiger partial charge >= 0.3 is 0 Å². The molecule has 0 aliphatic carbocycles. The number of anilines is 2. The zero-order valence-electron chi connectivity index (χ0n) is 13.8. The molecule has 0 aromatic heterocycles. The van der Waals surface area contributed by atoms with Gasteiger partial charge in [-0.2, -0.15) is 0 Å². The maximum absolute atomic E-state index is 12.8. The van der Waals surface area contributed by atoms with Crippen LogP contribution in [0.2, 0.25) is 10.0 Å². The molecule has 2 aromatic carbocycles. The van der Waals surface area contributed by atoms with E-state index in [1.54, 1.807) is 43.3 Å². The third-order valence-electron chi connectivity index (χ3n) is 3.85. The fourth-order valence-corrected chi connectivity index (χ4v) is 3.22. The van der Waals surface area contributed by atoms with Crippen molar-refractivity contribution in [1.82, 2.24) is 0 Å². The van der Waals surface area contributed by atoms with Gasteiger partial charge in [-0.1, -0.05) is 34.8 Å². The largest absolute Gasteiger partial charge is 0.495 e. The van der Waals surface area contributed by atoms with E-state index >= 15 is 0 Å². The standard InChI is InChI=1S/C18H13Cl3N2O3/c1-9-7-10(19)3-5-13(9)23-17(24)15(21)16(18(23)25)22-12-8-11(20)4-6-14(12)26-2/h3-8,22H,1-2H3. The summed E-state index contributed by atoms with van der Waals surface area (Å²) in [4.78, 5) is 26.4. The maximum Gasteiger partial charge on any atom is 0.283 e. The lowest BCUT2D eigenvalue weighted by Crippen LogP contribution is -2.32. The van der Waals surface area contributed by atoms with Crippen molar-refractivity contribution in [3.05, 3.63) is 62.7 Å². The zero-order valence-corrected chi connectivity index (χ0v) is 16.0. The van der Waals surface area contributed by atoms with E-state index in [1.807, 2.05) is 0 Å². The van der Waals surface area contributed by atoms with Gasteiger partial charge in [0.05, 0.1) is 18.5 Å². The van der Waals surface area contributed by atoms with Crippen LogP contribution in [0.15, 0.2) is 47.1 Å². The molecule has 0 bridgehead atoms. The first-order valence-electron chi connectivity index (χ1n) is 7.48. The van der Waals surface area contributed by atoms with Crippen LogP contribution in [0.1, 0.15) is 5.56 Å². The summed E-state index contributed by atoms with van der Waals surface area (Å²) in [5.41, 5.74) is 1.46. The van der Waals surface area contributed by atoms with Crippen molar-refractivity contribution in [3.63, 3.8) is 0 Å². The molecule has 2 aromatic rings. The molecule has 0 spiro atoms. The molecule has 1 aliphatic rings. The van der Waals surface area contributed by atoms with Crippen LogP contribution in [-0.2, 0) is 9.59 Å². The van der Waals surface area contributed by atoms with Crippen molar-refractivity contribution in [2.45, 2.75) is 6.92 Å². The number of nitrogens with zero attached hydrogens (tertiary/aromatic N) is 1. The van der Waals surface area contributed by atoms with Crippen molar-refractivity contribution >= 4 is 58.0 Å². The average molecular weight is 412 g/mol. The second kappa shape index (κ2) is 7.19. The molecule has 0 unspecified atom stereocenters. The van der Waals surface area contributed by atoms with Crippen molar-refractivity contribution < 1.29 is 14.3 Å². The van der Waals surface area contributed by atoms with E-state index in [1.165, 1.54) is 7.11 Å². The number of halogens is 3. The Balaban J connectivity index is 1.98. The van der Waals surface area contributed by atoms with Gasteiger partial charge in [-0.15, -0.1) is 0 Å². The number of carbonyl (C=O) groups excluding carboxylic acids is 2. The lowest BCUT2D eigenvalue weighted by molar-refractivity contribution is -0.120. The minimum absolute atomic E-state index is 0.0495. The highest BCUT2D eigenvalue weighted by Gasteiger charge is 2.39. The van der Waals surface area contributed by atoms with Gasteiger partial charge in [0.15, 0.2) is 0 Å². The number of ether oxygens (including phenoxy) is 1. The van der Waals surface area contributed by atoms with E-state index in [0.717, 1.165) is 4.90 Å². The normalized spacial score (nSPS) is 14.3. The van der Waals surface area contributed by atoms with Crippen molar-refractivity contribution in [3.8, 4) is 5.75 Å². The van der Waals surface area contributed by atoms with Gasteiger partial charge in [-0.25, -0.2) is 4.90 Å². The molecule has 0 saturated heterocycles. The van der Waals surface area contributed by atoms with Gasteiger partial charge in [0.25, 0.3) is 11.8 Å². The van der Waals surface area contributed by atoms with Gasteiger partial charge in [0.1, 0.15) is 16.5 Å². The summed E-state index contributed by atoms with van der Waals surface area (Å²) >= 11 is 18.1. The Morgan fingerprint density at radius 1 is 0.962 bits per heavy atom. The number of benzene rings is 2. The third kappa shape index (κ3) is 3.26. The fourth-order valence-electron chi connectivity index (χ4n) is 2.61. The van der Waals surface area contributed by atoms with E-state index in [0.29, 0.717) is 32.7 Å². The van der Waals surface area contributed by atoms with Crippen molar-refractivity contribution in [2.24, 2.45) is 0 Å². The van der Waals surface area contributed by atoms with Gasteiger partial charge in [0.2, 0.25) is 0 Å². The number of hydrogen-bond acceptors (Lipinski definition) is 4.